The number of ketones is 4. The largest absolute Gasteiger partial charge is 4.00 e. The quantitative estimate of drug-likeness (QED) is 0.0239. The summed E-state index contributed by atoms with van der Waals surface area (Å²) in [5.74, 6) is -19.1. The van der Waals surface area contributed by atoms with E-state index in [2.05, 4.69) is 0 Å². The molecular weight excluding hydrogens is 1140 g/mol. The van der Waals surface area contributed by atoms with Crippen molar-refractivity contribution in [2.45, 2.75) is 288 Å². The third kappa shape index (κ3) is 32.3. The molecule has 20 nitrogen and oxygen atoms in total. The molecule has 0 aliphatic rings. The number of Topliss-reactive ketones (excluding diaryl/α,β-unsaturated/α-hetero) is 4. The number of ether oxygens (including phenoxy) is 8. The summed E-state index contributed by atoms with van der Waals surface area (Å²) in [5, 5.41) is 46.4. The van der Waals surface area contributed by atoms with Crippen molar-refractivity contribution in [1.82, 2.24) is 0 Å². The number of unbranched alkanes of at least 4 members (excludes halogenated alkanes) is 8. The number of aliphatic carboxylic acids is 4. The molecule has 0 aliphatic carbocycles. The molecule has 0 radical (unpaired) electrons. The van der Waals surface area contributed by atoms with Crippen molar-refractivity contribution in [3.63, 3.8) is 0 Å². The molecule has 0 amide bonds. The summed E-state index contributed by atoms with van der Waals surface area (Å²) < 4.78 is 43.1. The molecule has 0 aromatic rings. The Morgan fingerprint density at radius 3 is 0.424 bits per heavy atom. The van der Waals surface area contributed by atoms with Crippen molar-refractivity contribution < 1.29 is 118 Å². The molecule has 0 bridgehead atoms. The van der Waals surface area contributed by atoms with Gasteiger partial charge in [0.05, 0.1) is 52.9 Å². The van der Waals surface area contributed by atoms with Crippen LogP contribution in [0.4, 0.5) is 0 Å². The van der Waals surface area contributed by atoms with E-state index in [-0.39, 0.29) is 74.6 Å². The number of hydrogen-bond acceptors (Lipinski definition) is 20. The van der Waals surface area contributed by atoms with Crippen LogP contribution in [0.1, 0.15) is 265 Å². The topological polar surface area (TPSA) is 303 Å². The van der Waals surface area contributed by atoms with E-state index in [1.165, 1.54) is 0 Å². The molecule has 0 saturated carbocycles. The van der Waals surface area contributed by atoms with E-state index >= 15 is 0 Å². The van der Waals surface area contributed by atoms with Crippen LogP contribution in [0, 0.1) is 23.7 Å². The van der Waals surface area contributed by atoms with Crippen LogP contribution in [0.5, 0.6) is 0 Å². The zero-order chi connectivity index (χ0) is 65.2. The number of carbonyl (C=O) groups is 8. The fourth-order valence-corrected chi connectivity index (χ4v) is 8.20. The van der Waals surface area contributed by atoms with E-state index in [4.69, 9.17) is 37.9 Å². The first-order valence-corrected chi connectivity index (χ1v) is 32.1. The molecule has 0 aromatic heterocycles. The van der Waals surface area contributed by atoms with Gasteiger partial charge in [-0.2, -0.15) is 0 Å². The Balaban J connectivity index is -0.000000333. The Hall–Kier alpha value is -3.05. The smallest absolute Gasteiger partial charge is 0.544 e. The summed E-state index contributed by atoms with van der Waals surface area (Å²) in [6.07, 6.45) is 16.5. The third-order valence-electron chi connectivity index (χ3n) is 14.2. The van der Waals surface area contributed by atoms with Gasteiger partial charge in [0, 0.05) is 23.7 Å². The maximum absolute atomic E-state index is 12.6. The van der Waals surface area contributed by atoms with Crippen molar-refractivity contribution in [2.75, 3.05) is 52.9 Å². The van der Waals surface area contributed by atoms with Crippen molar-refractivity contribution >= 4 is 47.0 Å². The van der Waals surface area contributed by atoms with Crippen molar-refractivity contribution in [2.24, 2.45) is 23.7 Å². The number of carboxylic acids is 4. The number of carboxylic acid groups (broad SMARTS) is 4. The number of carbonyl (C=O) groups excluding carboxylic acids is 8. The summed E-state index contributed by atoms with van der Waals surface area (Å²) in [5.41, 5.74) is 0. The average molecular weight is 1250 g/mol. The average Bonchev–Trinajstić information content (AvgIpc) is 3.54. The standard InChI is InChI=1S/4C16H30O5.Ti/c4*1-5-9-11-20-16(15(18)19,21-12-10-6-2)14(17)13(7-3)8-4;/h4*13H,5-12H2,1-4H3,(H,18,19);/q;;;;+4/p-4. The molecule has 0 unspecified atom stereocenters. The minimum atomic E-state index is -2.25. The Morgan fingerprint density at radius 1 is 0.247 bits per heavy atom. The Bertz CT molecular complexity index is 1460. The molecule has 0 spiro atoms. The monoisotopic (exact) mass is 1250 g/mol. The van der Waals surface area contributed by atoms with Gasteiger partial charge in [-0.1, -0.05) is 162 Å². The van der Waals surface area contributed by atoms with Gasteiger partial charge in [0.1, 0.15) is 23.9 Å². The molecule has 496 valence electrons. The second-order valence-corrected chi connectivity index (χ2v) is 20.7. The normalized spacial score (nSPS) is 11.7. The van der Waals surface area contributed by atoms with Crippen LogP contribution in [-0.2, 0) is 98.0 Å². The number of hydrogen-bond donors (Lipinski definition) is 0. The van der Waals surface area contributed by atoms with Crippen molar-refractivity contribution in [3.8, 4) is 0 Å². The first-order chi connectivity index (χ1) is 40.0. The van der Waals surface area contributed by atoms with Gasteiger partial charge < -0.3 is 77.5 Å². The van der Waals surface area contributed by atoms with E-state index in [1.54, 1.807) is 0 Å². The summed E-state index contributed by atoms with van der Waals surface area (Å²) in [6, 6.07) is 0. The fraction of sp³-hybridized carbons (Fsp3) is 0.875. The van der Waals surface area contributed by atoms with Crippen LogP contribution in [0.25, 0.3) is 0 Å². The van der Waals surface area contributed by atoms with Crippen LogP contribution in [0.3, 0.4) is 0 Å². The summed E-state index contributed by atoms with van der Waals surface area (Å²) in [7, 11) is 0. The maximum atomic E-state index is 12.6. The Morgan fingerprint density at radius 2 is 0.353 bits per heavy atom. The summed E-state index contributed by atoms with van der Waals surface area (Å²) in [6.45, 7) is 31.9. The van der Waals surface area contributed by atoms with Crippen LogP contribution in [-0.4, -0.2) is 123 Å². The number of rotatable bonds is 52. The molecule has 21 heteroatoms. The second kappa shape index (κ2) is 55.1. The van der Waals surface area contributed by atoms with Gasteiger partial charge in [-0.05, 0) is 103 Å². The van der Waals surface area contributed by atoms with Crippen molar-refractivity contribution in [1.29, 1.82) is 0 Å². The van der Waals surface area contributed by atoms with Crippen LogP contribution in [0.15, 0.2) is 0 Å². The minimum Gasteiger partial charge on any atom is -0.544 e. The molecular formula is C64H116O20Ti. The molecule has 0 heterocycles. The third-order valence-corrected chi connectivity index (χ3v) is 14.2. The zero-order valence-corrected chi connectivity index (χ0v) is 57.2. The van der Waals surface area contributed by atoms with Crippen LogP contribution >= 0.6 is 0 Å². The molecule has 0 atom stereocenters. The van der Waals surface area contributed by atoms with Gasteiger partial charge in [-0.3, -0.25) is 19.2 Å². The van der Waals surface area contributed by atoms with Crippen LogP contribution in [0.2, 0.25) is 0 Å². The van der Waals surface area contributed by atoms with Gasteiger partial charge in [0.15, 0.2) is 0 Å². The van der Waals surface area contributed by atoms with E-state index in [0.29, 0.717) is 103 Å². The van der Waals surface area contributed by atoms with Crippen LogP contribution < -0.4 is 20.4 Å². The van der Waals surface area contributed by atoms with Gasteiger partial charge in [0.2, 0.25) is 23.1 Å². The Kier molecular flexibility index (Phi) is 58.7. The molecule has 0 aliphatic heterocycles. The molecule has 0 rings (SSSR count). The molecule has 85 heavy (non-hydrogen) atoms. The molecule has 0 N–H and O–H groups in total. The zero-order valence-electron chi connectivity index (χ0n) is 55.6. The second-order valence-electron chi connectivity index (χ2n) is 20.7. The predicted molar refractivity (Wildman–Crippen MR) is 314 cm³/mol. The van der Waals surface area contributed by atoms with E-state index in [9.17, 15) is 58.8 Å². The van der Waals surface area contributed by atoms with Gasteiger partial charge >= 0.3 is 21.7 Å². The predicted octanol–water partition coefficient (Wildman–Crippen LogP) is 8.28. The van der Waals surface area contributed by atoms with Gasteiger partial charge in [-0.25, -0.2) is 0 Å². The first kappa shape index (κ1) is 90.7. The first-order valence-electron chi connectivity index (χ1n) is 32.1. The van der Waals surface area contributed by atoms with Gasteiger partial charge in [0.25, 0.3) is 23.1 Å². The Labute approximate surface area is 527 Å². The van der Waals surface area contributed by atoms with E-state index < -0.39 is 93.8 Å². The fourth-order valence-electron chi connectivity index (χ4n) is 8.20. The van der Waals surface area contributed by atoms with E-state index in [1.807, 2.05) is 111 Å². The summed E-state index contributed by atoms with van der Waals surface area (Å²) in [4.78, 5) is 96.8. The van der Waals surface area contributed by atoms with Gasteiger partial charge in [-0.15, -0.1) is 0 Å². The molecule has 0 saturated heterocycles. The molecule has 0 fully saturated rings. The maximum Gasteiger partial charge on any atom is 4.00 e. The summed E-state index contributed by atoms with van der Waals surface area (Å²) >= 11 is 0. The van der Waals surface area contributed by atoms with E-state index in [0.717, 1.165) is 51.4 Å². The minimum absolute atomic E-state index is 0. The molecule has 0 aromatic carbocycles. The van der Waals surface area contributed by atoms with Crippen molar-refractivity contribution in [3.05, 3.63) is 0 Å². The SMILES string of the molecule is CCCCOC(OCCCC)(C(=O)[O-])C(=O)C(CC)CC.CCCCOC(OCCCC)(C(=O)[O-])C(=O)C(CC)CC.CCCCOC(OCCCC)(C(=O)[O-])C(=O)C(CC)CC.CCCCOC(OCCCC)(C(=O)[O-])C(=O)C(CC)CC.[Ti+4].